The first-order valence-electron chi connectivity index (χ1n) is 8.05. The lowest BCUT2D eigenvalue weighted by Gasteiger charge is -2.06. The molecular weight excluding hydrogens is 318 g/mol. The van der Waals surface area contributed by atoms with Gasteiger partial charge in [0.1, 0.15) is 18.9 Å². The van der Waals surface area contributed by atoms with E-state index in [2.05, 4.69) is 5.32 Å². The Hall–Kier alpha value is -3.08. The van der Waals surface area contributed by atoms with Crippen LogP contribution >= 0.6 is 0 Å². The van der Waals surface area contributed by atoms with E-state index < -0.39 is 5.97 Å². The van der Waals surface area contributed by atoms with E-state index in [1.165, 1.54) is 6.08 Å². The number of rotatable bonds is 8. The van der Waals surface area contributed by atoms with Crippen LogP contribution in [0.4, 0.5) is 0 Å². The van der Waals surface area contributed by atoms with Gasteiger partial charge in [0.15, 0.2) is 0 Å². The lowest BCUT2D eigenvalue weighted by molar-refractivity contribution is -0.143. The van der Waals surface area contributed by atoms with Crippen molar-refractivity contribution in [2.75, 3.05) is 13.2 Å². The lowest BCUT2D eigenvalue weighted by Crippen LogP contribution is -2.29. The molecule has 0 aliphatic carbocycles. The van der Waals surface area contributed by atoms with E-state index >= 15 is 0 Å². The summed E-state index contributed by atoms with van der Waals surface area (Å²) >= 11 is 0. The van der Waals surface area contributed by atoms with Crippen LogP contribution in [0.1, 0.15) is 18.1 Å². The van der Waals surface area contributed by atoms with Crippen LogP contribution in [-0.2, 0) is 20.9 Å². The molecule has 5 heteroatoms. The number of nitrogens with one attached hydrogen (secondary N) is 1. The van der Waals surface area contributed by atoms with Crippen LogP contribution < -0.4 is 10.1 Å². The third kappa shape index (κ3) is 6.91. The molecule has 0 saturated carbocycles. The highest BCUT2D eigenvalue weighted by molar-refractivity contribution is 5.93. The van der Waals surface area contributed by atoms with E-state index in [1.807, 2.05) is 54.6 Å². The van der Waals surface area contributed by atoms with Crippen LogP contribution in [0.3, 0.4) is 0 Å². The Morgan fingerprint density at radius 3 is 2.44 bits per heavy atom. The molecule has 0 aliphatic heterocycles. The summed E-state index contributed by atoms with van der Waals surface area (Å²) in [6, 6.07) is 17.3. The third-order valence-corrected chi connectivity index (χ3v) is 3.27. The lowest BCUT2D eigenvalue weighted by atomic mass is 10.2. The number of carbonyl (C=O) groups is 2. The zero-order chi connectivity index (χ0) is 17.9. The van der Waals surface area contributed by atoms with Crippen LogP contribution in [0, 0.1) is 0 Å². The van der Waals surface area contributed by atoms with Crippen LogP contribution in [0.2, 0.25) is 0 Å². The molecular formula is C20H21NO4. The minimum atomic E-state index is -0.454. The first kappa shape index (κ1) is 18.3. The first-order valence-corrected chi connectivity index (χ1v) is 8.05. The molecule has 25 heavy (non-hydrogen) atoms. The van der Waals surface area contributed by atoms with Crippen molar-refractivity contribution in [3.8, 4) is 5.75 Å². The Morgan fingerprint density at radius 1 is 1.04 bits per heavy atom. The number of ether oxygens (including phenoxy) is 2. The minimum absolute atomic E-state index is 0.136. The number of amides is 1. The standard InChI is InChI=1S/C20H21NO4/c1-2-24-20(23)14-21-19(22)13-10-16-8-11-18(12-9-16)25-15-17-6-4-3-5-7-17/h3-13H,2,14-15H2,1H3,(H,21,22). The van der Waals surface area contributed by atoms with Crippen LogP contribution in [-0.4, -0.2) is 25.0 Å². The molecule has 5 nitrogen and oxygen atoms in total. The highest BCUT2D eigenvalue weighted by Gasteiger charge is 2.03. The summed E-state index contributed by atoms with van der Waals surface area (Å²) in [7, 11) is 0. The molecule has 1 amide bonds. The van der Waals surface area contributed by atoms with Crippen molar-refractivity contribution in [3.63, 3.8) is 0 Å². The number of hydrogen-bond acceptors (Lipinski definition) is 4. The van der Waals surface area contributed by atoms with Crippen LogP contribution in [0.15, 0.2) is 60.7 Å². The van der Waals surface area contributed by atoms with E-state index in [-0.39, 0.29) is 12.5 Å². The van der Waals surface area contributed by atoms with Crippen molar-refractivity contribution >= 4 is 18.0 Å². The molecule has 0 fully saturated rings. The van der Waals surface area contributed by atoms with E-state index in [0.29, 0.717) is 13.2 Å². The summed E-state index contributed by atoms with van der Waals surface area (Å²) in [5.74, 6) is -0.0469. The van der Waals surface area contributed by atoms with Gasteiger partial charge in [0.05, 0.1) is 6.61 Å². The quantitative estimate of drug-likeness (QED) is 0.593. The molecule has 2 aromatic rings. The summed E-state index contributed by atoms with van der Waals surface area (Å²) in [5, 5.41) is 2.46. The van der Waals surface area contributed by atoms with Gasteiger partial charge in [-0.3, -0.25) is 9.59 Å². The van der Waals surface area contributed by atoms with Crippen molar-refractivity contribution in [2.45, 2.75) is 13.5 Å². The summed E-state index contributed by atoms with van der Waals surface area (Å²) in [5.41, 5.74) is 1.96. The van der Waals surface area contributed by atoms with Crippen molar-refractivity contribution in [2.24, 2.45) is 0 Å². The SMILES string of the molecule is CCOC(=O)CNC(=O)C=Cc1ccc(OCc2ccccc2)cc1. The predicted molar refractivity (Wildman–Crippen MR) is 95.9 cm³/mol. The molecule has 0 atom stereocenters. The largest absolute Gasteiger partial charge is 0.489 e. The van der Waals surface area contributed by atoms with Gasteiger partial charge in [0, 0.05) is 6.08 Å². The first-order chi connectivity index (χ1) is 12.2. The molecule has 2 aromatic carbocycles. The van der Waals surface area contributed by atoms with Gasteiger partial charge in [-0.15, -0.1) is 0 Å². The van der Waals surface area contributed by atoms with Gasteiger partial charge in [-0.2, -0.15) is 0 Å². The Kier molecular flexibility index (Phi) is 7.25. The van der Waals surface area contributed by atoms with Crippen molar-refractivity contribution in [1.29, 1.82) is 0 Å². The molecule has 0 unspecified atom stereocenters. The summed E-state index contributed by atoms with van der Waals surface area (Å²) in [4.78, 5) is 22.8. The topological polar surface area (TPSA) is 64.6 Å². The zero-order valence-electron chi connectivity index (χ0n) is 14.1. The number of hydrogen-bond donors (Lipinski definition) is 1. The highest BCUT2D eigenvalue weighted by Crippen LogP contribution is 2.15. The average molecular weight is 339 g/mol. The molecule has 0 heterocycles. The molecule has 0 saturated heterocycles. The maximum absolute atomic E-state index is 11.6. The molecule has 0 radical (unpaired) electrons. The number of benzene rings is 2. The van der Waals surface area contributed by atoms with E-state index in [0.717, 1.165) is 16.9 Å². The van der Waals surface area contributed by atoms with Crippen molar-refractivity contribution < 1.29 is 19.1 Å². The molecule has 130 valence electrons. The van der Waals surface area contributed by atoms with E-state index in [4.69, 9.17) is 9.47 Å². The zero-order valence-corrected chi connectivity index (χ0v) is 14.1. The molecule has 0 spiro atoms. The molecule has 0 aliphatic rings. The molecule has 0 bridgehead atoms. The monoisotopic (exact) mass is 339 g/mol. The summed E-state index contributed by atoms with van der Waals surface area (Å²) < 4.78 is 10.4. The Bertz CT molecular complexity index is 708. The van der Waals surface area contributed by atoms with Crippen LogP contribution in [0.5, 0.6) is 5.75 Å². The average Bonchev–Trinajstić information content (AvgIpc) is 2.65. The smallest absolute Gasteiger partial charge is 0.325 e. The predicted octanol–water partition coefficient (Wildman–Crippen LogP) is 2.96. The van der Waals surface area contributed by atoms with Gasteiger partial charge < -0.3 is 14.8 Å². The second-order valence-corrected chi connectivity index (χ2v) is 5.20. The molecule has 2 rings (SSSR count). The summed E-state index contributed by atoms with van der Waals surface area (Å²) in [6.45, 7) is 2.38. The summed E-state index contributed by atoms with van der Waals surface area (Å²) in [6.07, 6.45) is 3.04. The fraction of sp³-hybridized carbons (Fsp3) is 0.200. The van der Waals surface area contributed by atoms with E-state index in [9.17, 15) is 9.59 Å². The van der Waals surface area contributed by atoms with Gasteiger partial charge in [-0.25, -0.2) is 0 Å². The van der Waals surface area contributed by atoms with Crippen LogP contribution in [0.25, 0.3) is 6.08 Å². The van der Waals surface area contributed by atoms with Gasteiger partial charge in [-0.05, 0) is 36.3 Å². The normalized spacial score (nSPS) is 10.4. The maximum Gasteiger partial charge on any atom is 0.325 e. The third-order valence-electron chi connectivity index (χ3n) is 3.27. The van der Waals surface area contributed by atoms with Gasteiger partial charge >= 0.3 is 5.97 Å². The Labute approximate surface area is 147 Å². The molecule has 0 aromatic heterocycles. The Morgan fingerprint density at radius 2 is 1.76 bits per heavy atom. The molecule has 1 N–H and O–H groups in total. The second kappa shape index (κ2) is 9.93. The van der Waals surface area contributed by atoms with Crippen molar-refractivity contribution in [1.82, 2.24) is 5.32 Å². The fourth-order valence-corrected chi connectivity index (χ4v) is 2.02. The minimum Gasteiger partial charge on any atom is -0.489 e. The van der Waals surface area contributed by atoms with Gasteiger partial charge in [0.2, 0.25) is 5.91 Å². The van der Waals surface area contributed by atoms with Gasteiger partial charge in [-0.1, -0.05) is 42.5 Å². The Balaban J connectivity index is 1.79. The van der Waals surface area contributed by atoms with Gasteiger partial charge in [0.25, 0.3) is 0 Å². The van der Waals surface area contributed by atoms with Crippen molar-refractivity contribution in [3.05, 3.63) is 71.8 Å². The number of esters is 1. The highest BCUT2D eigenvalue weighted by atomic mass is 16.5. The number of carbonyl (C=O) groups excluding carboxylic acids is 2. The second-order valence-electron chi connectivity index (χ2n) is 5.20. The fourth-order valence-electron chi connectivity index (χ4n) is 2.02. The van der Waals surface area contributed by atoms with E-state index in [1.54, 1.807) is 13.0 Å². The maximum atomic E-state index is 11.6.